The first-order valence-electron chi connectivity index (χ1n) is 7.34. The number of amides is 2. The SMILES string of the molecule is C=CC(=O)Nc1cc(-c2ccc(NC=O)c3[nH]c(C)cc23)ccn1. The Morgan fingerprint density at radius 2 is 2.12 bits per heavy atom. The minimum Gasteiger partial charge on any atom is -0.357 e. The molecule has 120 valence electrons. The molecule has 0 saturated heterocycles. The quantitative estimate of drug-likeness (QED) is 0.498. The van der Waals surface area contributed by atoms with Crippen LogP contribution in [0.2, 0.25) is 0 Å². The van der Waals surface area contributed by atoms with E-state index in [1.54, 1.807) is 12.3 Å². The van der Waals surface area contributed by atoms with Crippen LogP contribution in [0.3, 0.4) is 0 Å². The number of anilines is 2. The van der Waals surface area contributed by atoms with Crippen LogP contribution in [-0.4, -0.2) is 22.3 Å². The van der Waals surface area contributed by atoms with Crippen molar-refractivity contribution in [3.63, 3.8) is 0 Å². The van der Waals surface area contributed by atoms with Gasteiger partial charge in [0, 0.05) is 17.3 Å². The minimum absolute atomic E-state index is 0.312. The van der Waals surface area contributed by atoms with E-state index in [2.05, 4.69) is 27.2 Å². The van der Waals surface area contributed by atoms with E-state index in [4.69, 9.17) is 0 Å². The summed E-state index contributed by atoms with van der Waals surface area (Å²) in [6.07, 6.45) is 3.49. The predicted octanol–water partition coefficient (Wildman–Crippen LogP) is 3.23. The van der Waals surface area contributed by atoms with Gasteiger partial charge in [0.25, 0.3) is 0 Å². The minimum atomic E-state index is -0.312. The molecule has 1 aromatic carbocycles. The number of pyridine rings is 1. The Morgan fingerprint density at radius 3 is 2.88 bits per heavy atom. The van der Waals surface area contributed by atoms with E-state index in [1.165, 1.54) is 6.08 Å². The molecule has 6 heteroatoms. The van der Waals surface area contributed by atoms with Crippen LogP contribution in [0.15, 0.2) is 49.2 Å². The van der Waals surface area contributed by atoms with Crippen LogP contribution in [-0.2, 0) is 9.59 Å². The molecule has 3 N–H and O–H groups in total. The molecule has 2 amide bonds. The zero-order valence-electron chi connectivity index (χ0n) is 13.1. The standard InChI is InChI=1S/C18H16N4O2/c1-3-17(24)22-16-9-12(6-7-19-16)13-4-5-15(20-10-23)18-14(13)8-11(2)21-18/h3-10,21H,1H2,2H3,(H,20,23)(H,19,22,24). The fraction of sp³-hybridized carbons (Fsp3) is 0.0556. The van der Waals surface area contributed by atoms with E-state index in [0.717, 1.165) is 27.7 Å². The number of nitrogens with one attached hydrogen (secondary N) is 3. The monoisotopic (exact) mass is 320 g/mol. The van der Waals surface area contributed by atoms with Gasteiger partial charge in [-0.3, -0.25) is 9.59 Å². The molecule has 0 saturated carbocycles. The number of hydrogen-bond acceptors (Lipinski definition) is 3. The molecule has 24 heavy (non-hydrogen) atoms. The highest BCUT2D eigenvalue weighted by molar-refractivity contribution is 6.04. The summed E-state index contributed by atoms with van der Waals surface area (Å²) in [5.74, 6) is 0.140. The second-order valence-electron chi connectivity index (χ2n) is 5.29. The molecular weight excluding hydrogens is 304 g/mol. The molecule has 0 aliphatic carbocycles. The topological polar surface area (TPSA) is 86.9 Å². The normalized spacial score (nSPS) is 10.4. The van der Waals surface area contributed by atoms with Crippen molar-refractivity contribution in [3.8, 4) is 11.1 Å². The number of aryl methyl sites for hydroxylation is 1. The maximum absolute atomic E-state index is 11.4. The average molecular weight is 320 g/mol. The van der Waals surface area contributed by atoms with Crippen LogP contribution < -0.4 is 10.6 Å². The lowest BCUT2D eigenvalue weighted by atomic mass is 10.0. The molecule has 0 radical (unpaired) electrons. The summed E-state index contributed by atoms with van der Waals surface area (Å²) in [5, 5.41) is 6.33. The van der Waals surface area contributed by atoms with Gasteiger partial charge in [0.2, 0.25) is 12.3 Å². The summed E-state index contributed by atoms with van der Waals surface area (Å²) >= 11 is 0. The maximum atomic E-state index is 11.4. The molecule has 0 bridgehead atoms. The summed E-state index contributed by atoms with van der Waals surface area (Å²) in [6.45, 7) is 5.38. The molecule has 2 aromatic heterocycles. The summed E-state index contributed by atoms with van der Waals surface area (Å²) in [7, 11) is 0. The first-order valence-corrected chi connectivity index (χ1v) is 7.34. The van der Waals surface area contributed by atoms with Gasteiger partial charge in [-0.15, -0.1) is 0 Å². The van der Waals surface area contributed by atoms with E-state index in [-0.39, 0.29) is 5.91 Å². The molecule has 6 nitrogen and oxygen atoms in total. The summed E-state index contributed by atoms with van der Waals surface area (Å²) in [5.41, 5.74) is 4.44. The molecule has 0 unspecified atom stereocenters. The summed E-state index contributed by atoms with van der Waals surface area (Å²) in [6, 6.07) is 9.45. The lowest BCUT2D eigenvalue weighted by Crippen LogP contribution is -2.08. The molecule has 0 aliphatic heterocycles. The molecular formula is C18H16N4O2. The van der Waals surface area contributed by atoms with Crippen molar-refractivity contribution in [1.29, 1.82) is 0 Å². The zero-order valence-corrected chi connectivity index (χ0v) is 13.1. The maximum Gasteiger partial charge on any atom is 0.248 e. The molecule has 3 aromatic rings. The van der Waals surface area contributed by atoms with E-state index in [0.29, 0.717) is 17.9 Å². The van der Waals surface area contributed by atoms with Gasteiger partial charge in [0.15, 0.2) is 0 Å². The van der Waals surface area contributed by atoms with Gasteiger partial charge < -0.3 is 15.6 Å². The largest absolute Gasteiger partial charge is 0.357 e. The highest BCUT2D eigenvalue weighted by Crippen LogP contribution is 2.34. The number of benzene rings is 1. The fourth-order valence-corrected chi connectivity index (χ4v) is 2.63. The predicted molar refractivity (Wildman–Crippen MR) is 94.8 cm³/mol. The molecule has 0 atom stereocenters. The zero-order chi connectivity index (χ0) is 17.1. The van der Waals surface area contributed by atoms with Crippen molar-refractivity contribution in [2.24, 2.45) is 0 Å². The Morgan fingerprint density at radius 1 is 1.29 bits per heavy atom. The number of rotatable bonds is 5. The van der Waals surface area contributed by atoms with Gasteiger partial charge in [-0.05, 0) is 48.4 Å². The Kier molecular flexibility index (Phi) is 4.11. The van der Waals surface area contributed by atoms with Crippen LogP contribution in [0.4, 0.5) is 11.5 Å². The van der Waals surface area contributed by atoms with Crippen LogP contribution >= 0.6 is 0 Å². The number of H-pyrrole nitrogens is 1. The van der Waals surface area contributed by atoms with Gasteiger partial charge in [0.1, 0.15) is 5.82 Å². The number of aromatic nitrogens is 2. The number of fused-ring (bicyclic) bond motifs is 1. The van der Waals surface area contributed by atoms with Crippen LogP contribution in [0.5, 0.6) is 0 Å². The van der Waals surface area contributed by atoms with Crippen molar-refractivity contribution in [2.75, 3.05) is 10.6 Å². The van der Waals surface area contributed by atoms with E-state index in [1.807, 2.05) is 31.2 Å². The van der Waals surface area contributed by atoms with Crippen molar-refractivity contribution in [1.82, 2.24) is 9.97 Å². The number of hydrogen-bond donors (Lipinski definition) is 3. The van der Waals surface area contributed by atoms with Crippen LogP contribution in [0.25, 0.3) is 22.0 Å². The molecule has 0 aliphatic rings. The summed E-state index contributed by atoms with van der Waals surface area (Å²) < 4.78 is 0. The Labute approximate surface area is 138 Å². The number of nitrogens with zero attached hydrogens (tertiary/aromatic N) is 1. The lowest BCUT2D eigenvalue weighted by Gasteiger charge is -2.09. The van der Waals surface area contributed by atoms with Crippen molar-refractivity contribution >= 4 is 34.7 Å². The first-order chi connectivity index (χ1) is 11.6. The van der Waals surface area contributed by atoms with Gasteiger partial charge in [-0.2, -0.15) is 0 Å². The van der Waals surface area contributed by atoms with Crippen molar-refractivity contribution in [3.05, 3.63) is 54.9 Å². The fourth-order valence-electron chi connectivity index (χ4n) is 2.63. The Bertz CT molecular complexity index is 943. The summed E-state index contributed by atoms with van der Waals surface area (Å²) in [4.78, 5) is 29.6. The van der Waals surface area contributed by atoms with Crippen molar-refractivity contribution in [2.45, 2.75) is 6.92 Å². The molecule has 3 rings (SSSR count). The van der Waals surface area contributed by atoms with Crippen LogP contribution in [0.1, 0.15) is 5.69 Å². The van der Waals surface area contributed by atoms with E-state index >= 15 is 0 Å². The van der Waals surface area contributed by atoms with Gasteiger partial charge >= 0.3 is 0 Å². The smallest absolute Gasteiger partial charge is 0.248 e. The molecule has 2 heterocycles. The first kappa shape index (κ1) is 15.5. The van der Waals surface area contributed by atoms with E-state index in [9.17, 15) is 9.59 Å². The molecule has 0 fully saturated rings. The highest BCUT2D eigenvalue weighted by atomic mass is 16.1. The lowest BCUT2D eigenvalue weighted by molar-refractivity contribution is -0.112. The number of aromatic amines is 1. The van der Waals surface area contributed by atoms with Gasteiger partial charge in [0.05, 0.1) is 11.2 Å². The third-order valence-electron chi connectivity index (χ3n) is 3.65. The highest BCUT2D eigenvalue weighted by Gasteiger charge is 2.11. The average Bonchev–Trinajstić information content (AvgIpc) is 2.97. The van der Waals surface area contributed by atoms with Crippen molar-refractivity contribution < 1.29 is 9.59 Å². The second kappa shape index (κ2) is 6.37. The number of carbonyl (C=O) groups excluding carboxylic acids is 2. The van der Waals surface area contributed by atoms with E-state index < -0.39 is 0 Å². The van der Waals surface area contributed by atoms with Crippen LogP contribution in [0, 0.1) is 6.92 Å². The van der Waals surface area contributed by atoms with Gasteiger partial charge in [-0.1, -0.05) is 12.6 Å². The second-order valence-corrected chi connectivity index (χ2v) is 5.29. The number of carbonyl (C=O) groups is 2. The Hall–Kier alpha value is -3.41. The Balaban J connectivity index is 2.11. The third kappa shape index (κ3) is 2.89. The third-order valence-corrected chi connectivity index (χ3v) is 3.65. The molecule has 0 spiro atoms. The van der Waals surface area contributed by atoms with Gasteiger partial charge in [-0.25, -0.2) is 4.98 Å².